The number of hydrogen-bond acceptors (Lipinski definition) is 1. The maximum atomic E-state index is 13.0. The molecule has 0 saturated heterocycles. The molecular formula is C14H27FS. The molecule has 0 amide bonds. The van der Waals surface area contributed by atoms with Gasteiger partial charge < -0.3 is 0 Å². The lowest BCUT2D eigenvalue weighted by Gasteiger charge is -2.24. The van der Waals surface area contributed by atoms with E-state index < -0.39 is 0 Å². The lowest BCUT2D eigenvalue weighted by Crippen LogP contribution is -2.18. The van der Waals surface area contributed by atoms with Crippen molar-refractivity contribution in [2.24, 2.45) is 0 Å². The van der Waals surface area contributed by atoms with Crippen LogP contribution in [0.5, 0.6) is 0 Å². The van der Waals surface area contributed by atoms with Crippen LogP contribution in [0, 0.1) is 0 Å². The molecule has 0 N–H and O–H groups in total. The van der Waals surface area contributed by atoms with Crippen molar-refractivity contribution >= 4 is 12.1 Å². The molecule has 16 heavy (non-hydrogen) atoms. The Balaban J connectivity index is 2.32. The molecule has 2 heteroatoms. The summed E-state index contributed by atoms with van der Waals surface area (Å²) in [4.78, 5) is 0. The average molecular weight is 246 g/mol. The Hall–Kier alpha value is 0.280. The lowest BCUT2D eigenvalue weighted by atomic mass is 9.95. The maximum absolute atomic E-state index is 13.0. The Kier molecular flexibility index (Phi) is 7.51. The van der Waals surface area contributed by atoms with Crippen molar-refractivity contribution in [2.45, 2.75) is 88.7 Å². The topological polar surface area (TPSA) is 0 Å². The van der Waals surface area contributed by atoms with Gasteiger partial charge in [0.25, 0.3) is 0 Å². The molecule has 0 spiro atoms. The van der Waals surface area contributed by atoms with Crippen LogP contribution in [0.1, 0.15) is 84.0 Å². The maximum Gasteiger partial charge on any atom is 0.0508 e. The zero-order valence-electron chi connectivity index (χ0n) is 10.8. The van der Waals surface area contributed by atoms with Crippen molar-refractivity contribution in [1.29, 1.82) is 0 Å². The summed E-state index contributed by atoms with van der Waals surface area (Å²) in [5, 5.41) is 0. The summed E-state index contributed by atoms with van der Waals surface area (Å²) in [5.41, 5.74) is 0. The smallest absolute Gasteiger partial charge is 0.0508 e. The molecule has 1 saturated carbocycles. The molecular weight excluding hydrogens is 219 g/mol. The molecule has 0 aromatic carbocycles. The van der Waals surface area contributed by atoms with Gasteiger partial charge in [0.05, 0.1) is 12.1 Å². The largest absolute Gasteiger partial charge is 0.165 e. The van der Waals surface area contributed by atoms with Gasteiger partial charge in [-0.3, -0.25) is 0 Å². The van der Waals surface area contributed by atoms with Crippen molar-refractivity contribution in [1.82, 2.24) is 0 Å². The van der Waals surface area contributed by atoms with E-state index in [1.165, 1.54) is 64.2 Å². The van der Waals surface area contributed by atoms with Gasteiger partial charge in [-0.05, 0) is 19.8 Å². The molecule has 0 aromatic heterocycles. The third kappa shape index (κ3) is 6.12. The fourth-order valence-corrected chi connectivity index (χ4v) is 3.06. The molecule has 0 bridgehead atoms. The Morgan fingerprint density at radius 1 is 0.688 bits per heavy atom. The summed E-state index contributed by atoms with van der Waals surface area (Å²) in [5.74, 6) is 0. The van der Waals surface area contributed by atoms with Gasteiger partial charge in [0.2, 0.25) is 0 Å². The SMILES string of the molecule is CC1(SF)CCCCCCCCCCCC1. The predicted molar refractivity (Wildman–Crippen MR) is 72.5 cm³/mol. The number of hydrogen-bond donors (Lipinski definition) is 0. The first-order valence-electron chi connectivity index (χ1n) is 7.07. The number of halogens is 1. The Labute approximate surface area is 105 Å². The first-order chi connectivity index (χ1) is 7.77. The Morgan fingerprint density at radius 2 is 1.00 bits per heavy atom. The van der Waals surface area contributed by atoms with E-state index in [4.69, 9.17) is 0 Å². The molecule has 0 aromatic rings. The second kappa shape index (κ2) is 8.38. The van der Waals surface area contributed by atoms with Crippen LogP contribution in [0.15, 0.2) is 0 Å². The van der Waals surface area contributed by atoms with E-state index in [1.54, 1.807) is 0 Å². The second-order valence-electron chi connectivity index (χ2n) is 5.56. The van der Waals surface area contributed by atoms with E-state index >= 15 is 0 Å². The first-order valence-corrected chi connectivity index (χ1v) is 7.78. The molecule has 1 aliphatic carbocycles. The van der Waals surface area contributed by atoms with Crippen LogP contribution in [-0.2, 0) is 0 Å². The highest BCUT2D eigenvalue weighted by Crippen LogP contribution is 2.36. The van der Waals surface area contributed by atoms with E-state index in [1.807, 2.05) is 0 Å². The first kappa shape index (κ1) is 14.3. The predicted octanol–water partition coefficient (Wildman–Crippen LogP) is 6.06. The highest BCUT2D eigenvalue weighted by Gasteiger charge is 2.24. The molecule has 0 radical (unpaired) electrons. The van der Waals surface area contributed by atoms with Gasteiger partial charge in [0.1, 0.15) is 0 Å². The van der Waals surface area contributed by atoms with Crippen LogP contribution in [0.4, 0.5) is 3.89 Å². The second-order valence-corrected chi connectivity index (χ2v) is 6.70. The molecule has 0 aliphatic heterocycles. The van der Waals surface area contributed by atoms with Gasteiger partial charge in [-0.25, -0.2) is 0 Å². The van der Waals surface area contributed by atoms with Crippen LogP contribution in [0.3, 0.4) is 0 Å². The summed E-state index contributed by atoms with van der Waals surface area (Å²) in [6.45, 7) is 2.11. The van der Waals surface area contributed by atoms with E-state index in [0.29, 0.717) is 12.1 Å². The van der Waals surface area contributed by atoms with Crippen LogP contribution >= 0.6 is 12.1 Å². The zero-order valence-corrected chi connectivity index (χ0v) is 11.6. The minimum atomic E-state index is -0.0892. The summed E-state index contributed by atoms with van der Waals surface area (Å²) < 4.78 is 12.9. The molecule has 0 unspecified atom stereocenters. The standard InChI is InChI=1S/C14H27FS/c1-14(16-15)12-10-8-6-4-2-3-5-7-9-11-13-14/h2-13H2,1H3. The van der Waals surface area contributed by atoms with Crippen LogP contribution in [-0.4, -0.2) is 4.75 Å². The van der Waals surface area contributed by atoms with E-state index in [9.17, 15) is 3.89 Å². The van der Waals surface area contributed by atoms with E-state index in [-0.39, 0.29) is 4.75 Å². The van der Waals surface area contributed by atoms with Crippen molar-refractivity contribution in [2.75, 3.05) is 0 Å². The number of rotatable bonds is 1. The molecule has 96 valence electrons. The monoisotopic (exact) mass is 246 g/mol. The minimum absolute atomic E-state index is 0.0892. The zero-order chi connectivity index (χ0) is 11.7. The summed E-state index contributed by atoms with van der Waals surface area (Å²) in [6, 6.07) is 0. The quantitative estimate of drug-likeness (QED) is 0.542. The van der Waals surface area contributed by atoms with Crippen molar-refractivity contribution in [3.63, 3.8) is 0 Å². The van der Waals surface area contributed by atoms with Crippen LogP contribution in [0.2, 0.25) is 0 Å². The summed E-state index contributed by atoms with van der Waals surface area (Å²) in [7, 11) is 0. The van der Waals surface area contributed by atoms with Gasteiger partial charge in [-0.1, -0.05) is 64.2 Å². The fourth-order valence-electron chi connectivity index (χ4n) is 2.61. The molecule has 1 rings (SSSR count). The van der Waals surface area contributed by atoms with Gasteiger partial charge >= 0.3 is 0 Å². The van der Waals surface area contributed by atoms with Crippen molar-refractivity contribution < 1.29 is 3.89 Å². The average Bonchev–Trinajstić information content (AvgIpc) is 2.31. The van der Waals surface area contributed by atoms with Gasteiger partial charge in [-0.15, -0.1) is 0 Å². The summed E-state index contributed by atoms with van der Waals surface area (Å²) in [6.07, 6.45) is 15.5. The third-order valence-electron chi connectivity index (χ3n) is 3.85. The molecule has 1 aliphatic rings. The molecule has 0 atom stereocenters. The molecule has 0 nitrogen and oxygen atoms in total. The third-order valence-corrected chi connectivity index (χ3v) is 4.63. The molecule has 1 fully saturated rings. The van der Waals surface area contributed by atoms with Crippen molar-refractivity contribution in [3.8, 4) is 0 Å². The van der Waals surface area contributed by atoms with Gasteiger partial charge in [0.15, 0.2) is 0 Å². The van der Waals surface area contributed by atoms with Crippen molar-refractivity contribution in [3.05, 3.63) is 0 Å². The highest BCUT2D eigenvalue weighted by molar-refractivity contribution is 7.95. The Morgan fingerprint density at radius 3 is 1.31 bits per heavy atom. The highest BCUT2D eigenvalue weighted by atomic mass is 32.2. The Bertz CT molecular complexity index is 156. The normalized spacial score (nSPS) is 25.1. The molecule has 0 heterocycles. The summed E-state index contributed by atoms with van der Waals surface area (Å²) >= 11 is 0.604. The van der Waals surface area contributed by atoms with Gasteiger partial charge in [-0.2, -0.15) is 3.89 Å². The van der Waals surface area contributed by atoms with Crippen LogP contribution in [0.25, 0.3) is 0 Å². The fraction of sp³-hybridized carbons (Fsp3) is 1.00. The minimum Gasteiger partial charge on any atom is -0.165 e. The lowest BCUT2D eigenvalue weighted by molar-refractivity contribution is 0.470. The van der Waals surface area contributed by atoms with E-state index in [0.717, 1.165) is 12.8 Å². The van der Waals surface area contributed by atoms with Crippen LogP contribution < -0.4 is 0 Å². The van der Waals surface area contributed by atoms with E-state index in [2.05, 4.69) is 6.92 Å². The van der Waals surface area contributed by atoms with Gasteiger partial charge in [0, 0.05) is 4.75 Å².